The fraction of sp³-hybridized carbons (Fsp3) is 0.429. The van der Waals surface area contributed by atoms with Crippen LogP contribution in [0.4, 0.5) is 5.69 Å². The molecule has 1 saturated carbocycles. The Hall–Kier alpha value is -2.34. The van der Waals surface area contributed by atoms with E-state index < -0.39 is 0 Å². The maximum absolute atomic E-state index is 12.1. The largest absolute Gasteiger partial charge is 0.357 e. The molecule has 3 rings (SSSR count). The number of thiophene rings is 1. The highest BCUT2D eigenvalue weighted by Crippen LogP contribution is 2.27. The van der Waals surface area contributed by atoms with Gasteiger partial charge in [0, 0.05) is 27.9 Å². The number of anilines is 1. The summed E-state index contributed by atoms with van der Waals surface area (Å²) in [5.41, 5.74) is 1.93. The van der Waals surface area contributed by atoms with E-state index in [4.69, 9.17) is 0 Å². The monoisotopic (exact) mass is 384 g/mol. The number of hydrogen-bond donors (Lipinski definition) is 3. The van der Waals surface area contributed by atoms with Crippen LogP contribution < -0.4 is 16.0 Å². The Morgan fingerprint density at radius 3 is 2.74 bits per heavy atom. The predicted octanol–water partition coefficient (Wildman–Crippen LogP) is 4.05. The Kier molecular flexibility index (Phi) is 6.87. The van der Waals surface area contributed by atoms with E-state index in [9.17, 15) is 4.79 Å². The van der Waals surface area contributed by atoms with E-state index in [1.807, 2.05) is 24.3 Å². The van der Waals surface area contributed by atoms with Crippen molar-refractivity contribution >= 4 is 28.9 Å². The maximum atomic E-state index is 12.1. The molecule has 1 amide bonds. The van der Waals surface area contributed by atoms with E-state index in [-0.39, 0.29) is 11.8 Å². The molecule has 6 heteroatoms. The van der Waals surface area contributed by atoms with Gasteiger partial charge in [-0.2, -0.15) is 0 Å². The van der Waals surface area contributed by atoms with Crippen LogP contribution in [0.5, 0.6) is 0 Å². The van der Waals surface area contributed by atoms with E-state index >= 15 is 0 Å². The number of nitrogens with zero attached hydrogens (tertiary/aromatic N) is 1. The number of rotatable bonds is 7. The van der Waals surface area contributed by atoms with Crippen LogP contribution in [0.15, 0.2) is 41.4 Å². The first-order valence-electron chi connectivity index (χ1n) is 9.61. The van der Waals surface area contributed by atoms with Crippen LogP contribution in [0.1, 0.15) is 41.5 Å². The lowest BCUT2D eigenvalue weighted by molar-refractivity contribution is -0.122. The maximum Gasteiger partial charge on any atom is 0.227 e. The summed E-state index contributed by atoms with van der Waals surface area (Å²) in [6.07, 6.45) is 3.19. The molecule has 0 saturated heterocycles. The van der Waals surface area contributed by atoms with Crippen LogP contribution in [0.3, 0.4) is 0 Å². The molecular formula is C21H28N4OS. The molecule has 27 heavy (non-hydrogen) atoms. The zero-order valence-corrected chi connectivity index (χ0v) is 16.9. The van der Waals surface area contributed by atoms with Crippen molar-refractivity contribution in [1.82, 2.24) is 10.6 Å². The summed E-state index contributed by atoms with van der Waals surface area (Å²) in [6, 6.07) is 12.2. The molecule has 2 aromatic rings. The Bertz CT molecular complexity index is 795. The molecule has 1 fully saturated rings. The predicted molar refractivity (Wildman–Crippen MR) is 113 cm³/mol. The number of hydrogen-bond acceptors (Lipinski definition) is 3. The Morgan fingerprint density at radius 1 is 1.22 bits per heavy atom. The average molecular weight is 385 g/mol. The van der Waals surface area contributed by atoms with Crippen molar-refractivity contribution in [2.45, 2.75) is 46.2 Å². The first kappa shape index (κ1) is 19.4. The van der Waals surface area contributed by atoms with E-state index in [0.717, 1.165) is 49.6 Å². The van der Waals surface area contributed by atoms with Crippen LogP contribution in [-0.4, -0.2) is 18.4 Å². The molecule has 1 heterocycles. The zero-order chi connectivity index (χ0) is 19.1. The van der Waals surface area contributed by atoms with Gasteiger partial charge in [0.05, 0.1) is 13.1 Å². The molecule has 1 aliphatic rings. The summed E-state index contributed by atoms with van der Waals surface area (Å²) in [6.45, 7) is 6.31. The van der Waals surface area contributed by atoms with Crippen molar-refractivity contribution in [3.63, 3.8) is 0 Å². The van der Waals surface area contributed by atoms with E-state index in [0.29, 0.717) is 6.54 Å². The second-order valence-corrected chi connectivity index (χ2v) is 8.25. The Balaban J connectivity index is 1.57. The molecule has 5 nitrogen and oxygen atoms in total. The summed E-state index contributed by atoms with van der Waals surface area (Å²) in [7, 11) is 0. The van der Waals surface area contributed by atoms with Gasteiger partial charge in [-0.05, 0) is 56.5 Å². The molecule has 0 atom stereocenters. The fourth-order valence-electron chi connectivity index (χ4n) is 2.93. The minimum Gasteiger partial charge on any atom is -0.357 e. The summed E-state index contributed by atoms with van der Waals surface area (Å²) in [5, 5.41) is 9.69. The van der Waals surface area contributed by atoms with E-state index in [2.05, 4.69) is 46.9 Å². The van der Waals surface area contributed by atoms with Gasteiger partial charge in [0.2, 0.25) is 5.91 Å². The SMILES string of the molecule is CCNC(=NCc1cccc(NC(=O)C2CCC2)c1)NCc1ccc(C)s1. The van der Waals surface area contributed by atoms with Gasteiger partial charge in [-0.3, -0.25) is 4.79 Å². The van der Waals surface area contributed by atoms with Gasteiger partial charge in [0.1, 0.15) is 0 Å². The van der Waals surface area contributed by atoms with Crippen LogP contribution in [-0.2, 0) is 17.9 Å². The number of benzene rings is 1. The molecule has 0 unspecified atom stereocenters. The zero-order valence-electron chi connectivity index (χ0n) is 16.0. The van der Waals surface area contributed by atoms with Gasteiger partial charge >= 0.3 is 0 Å². The first-order valence-corrected chi connectivity index (χ1v) is 10.4. The fourth-order valence-corrected chi connectivity index (χ4v) is 3.76. The average Bonchev–Trinajstić information content (AvgIpc) is 3.01. The summed E-state index contributed by atoms with van der Waals surface area (Å²) < 4.78 is 0. The lowest BCUT2D eigenvalue weighted by Crippen LogP contribution is -2.36. The smallest absolute Gasteiger partial charge is 0.227 e. The van der Waals surface area contributed by atoms with Gasteiger partial charge in [0.15, 0.2) is 5.96 Å². The second kappa shape index (κ2) is 9.55. The Morgan fingerprint density at radius 2 is 2.07 bits per heavy atom. The van der Waals surface area contributed by atoms with Gasteiger partial charge in [-0.1, -0.05) is 18.6 Å². The number of nitrogens with one attached hydrogen (secondary N) is 3. The summed E-state index contributed by atoms with van der Waals surface area (Å²) >= 11 is 1.79. The van der Waals surface area contributed by atoms with Crippen LogP contribution >= 0.6 is 11.3 Å². The number of aliphatic imine (C=N–C) groups is 1. The Labute approximate surface area is 165 Å². The molecule has 1 aliphatic carbocycles. The molecule has 1 aromatic carbocycles. The minimum absolute atomic E-state index is 0.142. The third-order valence-corrected chi connectivity index (χ3v) is 5.66. The van der Waals surface area contributed by atoms with E-state index in [1.165, 1.54) is 9.75 Å². The van der Waals surface area contributed by atoms with Crippen LogP contribution in [0.25, 0.3) is 0 Å². The first-order chi connectivity index (χ1) is 13.1. The number of aryl methyl sites for hydroxylation is 1. The molecule has 3 N–H and O–H groups in total. The molecular weight excluding hydrogens is 356 g/mol. The molecule has 144 valence electrons. The standard InChI is InChI=1S/C21H28N4OS/c1-3-22-21(24-14-19-11-10-15(2)27-19)23-13-16-6-4-9-18(12-16)25-20(26)17-7-5-8-17/h4,6,9-12,17H,3,5,7-8,13-14H2,1-2H3,(H,25,26)(H2,22,23,24). The van der Waals surface area contributed by atoms with Crippen molar-refractivity contribution in [3.8, 4) is 0 Å². The number of amides is 1. The molecule has 0 bridgehead atoms. The summed E-state index contributed by atoms with van der Waals surface area (Å²) in [4.78, 5) is 19.4. The van der Waals surface area contributed by atoms with E-state index in [1.54, 1.807) is 11.3 Å². The van der Waals surface area contributed by atoms with Crippen molar-refractivity contribution in [3.05, 3.63) is 51.7 Å². The van der Waals surface area contributed by atoms with Crippen molar-refractivity contribution in [2.75, 3.05) is 11.9 Å². The highest BCUT2D eigenvalue weighted by Gasteiger charge is 2.25. The highest BCUT2D eigenvalue weighted by molar-refractivity contribution is 7.11. The van der Waals surface area contributed by atoms with Gasteiger partial charge in [-0.25, -0.2) is 4.99 Å². The van der Waals surface area contributed by atoms with Gasteiger partial charge in [0.25, 0.3) is 0 Å². The molecule has 0 aliphatic heterocycles. The normalized spacial score (nSPS) is 14.5. The minimum atomic E-state index is 0.142. The molecule has 0 radical (unpaired) electrons. The molecule has 0 spiro atoms. The van der Waals surface area contributed by atoms with Crippen LogP contribution in [0, 0.1) is 12.8 Å². The molecule has 1 aromatic heterocycles. The third-order valence-electron chi connectivity index (χ3n) is 4.66. The highest BCUT2D eigenvalue weighted by atomic mass is 32.1. The van der Waals surface area contributed by atoms with Crippen molar-refractivity contribution in [1.29, 1.82) is 0 Å². The second-order valence-electron chi connectivity index (χ2n) is 6.88. The lowest BCUT2D eigenvalue weighted by Gasteiger charge is -2.24. The summed E-state index contributed by atoms with van der Waals surface area (Å²) in [5.74, 6) is 1.13. The third kappa shape index (κ3) is 5.82. The van der Waals surface area contributed by atoms with Gasteiger partial charge < -0.3 is 16.0 Å². The number of carbonyl (C=O) groups is 1. The van der Waals surface area contributed by atoms with Gasteiger partial charge in [-0.15, -0.1) is 11.3 Å². The number of carbonyl (C=O) groups excluding carboxylic acids is 1. The number of guanidine groups is 1. The van der Waals surface area contributed by atoms with Crippen molar-refractivity contribution < 1.29 is 4.79 Å². The quantitative estimate of drug-likeness (QED) is 0.498. The lowest BCUT2D eigenvalue weighted by atomic mass is 9.85. The van der Waals surface area contributed by atoms with Crippen molar-refractivity contribution in [2.24, 2.45) is 10.9 Å². The van der Waals surface area contributed by atoms with Crippen LogP contribution in [0.2, 0.25) is 0 Å². The topological polar surface area (TPSA) is 65.5 Å².